The smallest absolute Gasteiger partial charge is 0.242 e. The highest BCUT2D eigenvalue weighted by Crippen LogP contribution is 2.48. The zero-order chi connectivity index (χ0) is 24.3. The van der Waals surface area contributed by atoms with Crippen LogP contribution in [0.2, 0.25) is 0 Å². The van der Waals surface area contributed by atoms with Gasteiger partial charge < -0.3 is 0 Å². The molecule has 36 heavy (non-hydrogen) atoms. The maximum Gasteiger partial charge on any atom is 0.242 e. The van der Waals surface area contributed by atoms with Crippen molar-refractivity contribution in [3.8, 4) is 11.4 Å². The summed E-state index contributed by atoms with van der Waals surface area (Å²) >= 11 is 3.10. The summed E-state index contributed by atoms with van der Waals surface area (Å²) in [4.78, 5) is 21.8. The van der Waals surface area contributed by atoms with Crippen molar-refractivity contribution in [2.75, 3.05) is 10.7 Å². The predicted octanol–water partition coefficient (Wildman–Crippen LogP) is 6.31. The Morgan fingerprint density at radius 1 is 0.778 bits per heavy atom. The van der Waals surface area contributed by atoms with E-state index in [-0.39, 0.29) is 11.7 Å². The van der Waals surface area contributed by atoms with Gasteiger partial charge in [0.15, 0.2) is 11.0 Å². The van der Waals surface area contributed by atoms with Crippen LogP contribution in [0.25, 0.3) is 11.4 Å². The standard InChI is InChI=1S/C28H21N5OS2/c34-26(33-22-10-4-6-12-24(22)36-25-13-7-5-11-23(25)33)19-35-28-31-30-27(21-14-16-29-17-15-21)32(28)18-20-8-2-1-3-9-20/h1-17H,18-19H2. The van der Waals surface area contributed by atoms with Crippen molar-refractivity contribution >= 4 is 40.8 Å². The Morgan fingerprint density at radius 2 is 1.42 bits per heavy atom. The number of carbonyl (C=O) groups excluding carboxylic acids is 1. The molecule has 1 aliphatic rings. The fourth-order valence-electron chi connectivity index (χ4n) is 4.18. The Labute approximate surface area is 217 Å². The zero-order valence-electron chi connectivity index (χ0n) is 19.2. The Bertz CT molecular complexity index is 1480. The number of carbonyl (C=O) groups is 1. The van der Waals surface area contributed by atoms with Crippen molar-refractivity contribution < 1.29 is 4.79 Å². The van der Waals surface area contributed by atoms with Crippen LogP contribution in [0.4, 0.5) is 11.4 Å². The summed E-state index contributed by atoms with van der Waals surface area (Å²) in [6, 6.07) is 30.1. The van der Waals surface area contributed by atoms with Crippen LogP contribution in [0, 0.1) is 0 Å². The van der Waals surface area contributed by atoms with Crippen LogP contribution in [0.1, 0.15) is 5.56 Å². The van der Waals surface area contributed by atoms with Crippen molar-refractivity contribution in [2.45, 2.75) is 21.5 Å². The lowest BCUT2D eigenvalue weighted by atomic mass is 10.2. The molecule has 3 aromatic carbocycles. The SMILES string of the molecule is O=C(CSc1nnc(-c2ccncc2)n1Cc1ccccc1)N1c2ccccc2Sc2ccccc21. The summed E-state index contributed by atoms with van der Waals surface area (Å²) in [5.41, 5.74) is 3.89. The third kappa shape index (κ3) is 4.41. The first kappa shape index (κ1) is 22.6. The summed E-state index contributed by atoms with van der Waals surface area (Å²) in [5, 5.41) is 9.66. The minimum absolute atomic E-state index is 0.0000720. The van der Waals surface area contributed by atoms with Gasteiger partial charge in [0.25, 0.3) is 0 Å². The topological polar surface area (TPSA) is 63.9 Å². The molecule has 0 atom stereocenters. The number of benzene rings is 3. The second-order valence-corrected chi connectivity index (χ2v) is 10.2. The Hall–Kier alpha value is -3.88. The first-order valence-electron chi connectivity index (χ1n) is 11.5. The maximum absolute atomic E-state index is 13.7. The fourth-order valence-corrected chi connectivity index (χ4v) is 6.03. The molecule has 0 saturated heterocycles. The first-order valence-corrected chi connectivity index (χ1v) is 13.3. The summed E-state index contributed by atoms with van der Waals surface area (Å²) in [6.07, 6.45) is 3.49. The van der Waals surface area contributed by atoms with Gasteiger partial charge in [0, 0.05) is 27.7 Å². The molecule has 1 amide bonds. The van der Waals surface area contributed by atoms with E-state index in [9.17, 15) is 4.79 Å². The Kier molecular flexibility index (Phi) is 6.27. The van der Waals surface area contributed by atoms with Gasteiger partial charge in [-0.25, -0.2) is 0 Å². The van der Waals surface area contributed by atoms with Gasteiger partial charge in [-0.05, 0) is 42.0 Å². The number of para-hydroxylation sites is 2. The Morgan fingerprint density at radius 3 is 2.11 bits per heavy atom. The van der Waals surface area contributed by atoms with Gasteiger partial charge >= 0.3 is 0 Å². The highest BCUT2D eigenvalue weighted by atomic mass is 32.2. The average molecular weight is 508 g/mol. The minimum Gasteiger partial charge on any atom is -0.298 e. The van der Waals surface area contributed by atoms with Gasteiger partial charge in [0.1, 0.15) is 0 Å². The number of rotatable bonds is 6. The number of thioether (sulfide) groups is 1. The summed E-state index contributed by atoms with van der Waals surface area (Å²) in [7, 11) is 0. The highest BCUT2D eigenvalue weighted by Gasteiger charge is 2.28. The number of aromatic nitrogens is 4. The molecule has 6 nitrogen and oxygen atoms in total. The third-order valence-electron chi connectivity index (χ3n) is 5.85. The van der Waals surface area contributed by atoms with Gasteiger partial charge in [-0.3, -0.25) is 19.2 Å². The van der Waals surface area contributed by atoms with E-state index in [4.69, 9.17) is 0 Å². The largest absolute Gasteiger partial charge is 0.298 e. The van der Waals surface area contributed by atoms with Gasteiger partial charge in [-0.15, -0.1) is 10.2 Å². The van der Waals surface area contributed by atoms with Crippen LogP contribution < -0.4 is 4.90 Å². The molecule has 0 bridgehead atoms. The van der Waals surface area contributed by atoms with E-state index in [0.717, 1.165) is 38.1 Å². The molecule has 0 spiro atoms. The number of hydrogen-bond donors (Lipinski definition) is 0. The molecule has 0 saturated carbocycles. The molecule has 0 aliphatic carbocycles. The average Bonchev–Trinajstić information content (AvgIpc) is 3.33. The molecule has 5 aromatic rings. The van der Waals surface area contributed by atoms with Crippen molar-refractivity contribution in [3.63, 3.8) is 0 Å². The number of anilines is 2. The van der Waals surface area contributed by atoms with Crippen molar-refractivity contribution in [3.05, 3.63) is 109 Å². The molecule has 0 unspecified atom stereocenters. The lowest BCUT2D eigenvalue weighted by molar-refractivity contribution is -0.115. The second-order valence-electron chi connectivity index (χ2n) is 8.17. The molecule has 8 heteroatoms. The molecule has 0 fully saturated rings. The van der Waals surface area contributed by atoms with E-state index in [1.165, 1.54) is 11.8 Å². The van der Waals surface area contributed by atoms with Gasteiger partial charge in [-0.2, -0.15) is 0 Å². The van der Waals surface area contributed by atoms with Crippen LogP contribution >= 0.6 is 23.5 Å². The molecule has 6 rings (SSSR count). The van der Waals surface area contributed by atoms with E-state index in [2.05, 4.69) is 44.0 Å². The number of nitrogens with zero attached hydrogens (tertiary/aromatic N) is 5. The van der Waals surface area contributed by atoms with E-state index in [0.29, 0.717) is 11.7 Å². The summed E-state index contributed by atoms with van der Waals surface area (Å²) in [6.45, 7) is 0.605. The summed E-state index contributed by atoms with van der Waals surface area (Å²) in [5.74, 6) is 0.984. The second kappa shape index (κ2) is 10.0. The third-order valence-corrected chi connectivity index (χ3v) is 7.93. The molecule has 0 radical (unpaired) electrons. The van der Waals surface area contributed by atoms with E-state index >= 15 is 0 Å². The van der Waals surface area contributed by atoms with E-state index < -0.39 is 0 Å². The normalized spacial score (nSPS) is 12.2. The molecule has 176 valence electrons. The number of fused-ring (bicyclic) bond motifs is 2. The number of hydrogen-bond acceptors (Lipinski definition) is 6. The molecule has 2 aromatic heterocycles. The molecular weight excluding hydrogens is 486 g/mol. The van der Waals surface area contributed by atoms with E-state index in [1.807, 2.05) is 71.6 Å². The number of amides is 1. The first-order chi connectivity index (χ1) is 17.8. The maximum atomic E-state index is 13.7. The lowest BCUT2D eigenvalue weighted by Gasteiger charge is -2.30. The zero-order valence-corrected chi connectivity index (χ0v) is 20.8. The van der Waals surface area contributed by atoms with Gasteiger partial charge in [0.2, 0.25) is 5.91 Å². The molecular formula is C28H21N5OS2. The minimum atomic E-state index is -0.0000720. The van der Waals surface area contributed by atoms with Crippen molar-refractivity contribution in [1.29, 1.82) is 0 Å². The van der Waals surface area contributed by atoms with E-state index in [1.54, 1.807) is 24.2 Å². The van der Waals surface area contributed by atoms with Crippen LogP contribution in [0.5, 0.6) is 0 Å². The summed E-state index contributed by atoms with van der Waals surface area (Å²) < 4.78 is 2.07. The quantitative estimate of drug-likeness (QED) is 0.251. The van der Waals surface area contributed by atoms with Crippen LogP contribution in [-0.4, -0.2) is 31.4 Å². The fraction of sp³-hybridized carbons (Fsp3) is 0.0714. The van der Waals surface area contributed by atoms with Crippen molar-refractivity contribution in [1.82, 2.24) is 19.7 Å². The van der Waals surface area contributed by atoms with Crippen LogP contribution in [-0.2, 0) is 11.3 Å². The lowest BCUT2D eigenvalue weighted by Crippen LogP contribution is -2.30. The highest BCUT2D eigenvalue weighted by molar-refractivity contribution is 8.00. The Balaban J connectivity index is 1.31. The molecule has 0 N–H and O–H groups in total. The monoisotopic (exact) mass is 507 g/mol. The predicted molar refractivity (Wildman–Crippen MR) is 144 cm³/mol. The van der Waals surface area contributed by atoms with Crippen LogP contribution in [0.3, 0.4) is 0 Å². The number of pyridine rings is 1. The molecule has 3 heterocycles. The van der Waals surface area contributed by atoms with Gasteiger partial charge in [0.05, 0.1) is 23.7 Å². The van der Waals surface area contributed by atoms with Crippen molar-refractivity contribution in [2.24, 2.45) is 0 Å². The molecule has 1 aliphatic heterocycles. The van der Waals surface area contributed by atoms with Gasteiger partial charge in [-0.1, -0.05) is 78.1 Å². The van der Waals surface area contributed by atoms with Crippen LogP contribution in [0.15, 0.2) is 118 Å².